The maximum atomic E-state index is 11.1. The molecule has 1 heterocycles. The van der Waals surface area contributed by atoms with Gasteiger partial charge in [-0.05, 0) is 25.3 Å². The van der Waals surface area contributed by atoms with Crippen LogP contribution in [0.15, 0.2) is 0 Å². The molecule has 0 amide bonds. The zero-order valence-electron chi connectivity index (χ0n) is 7.55. The molecular formula is C9H17NO. The van der Waals surface area contributed by atoms with Crippen LogP contribution in [-0.4, -0.2) is 18.9 Å². The summed E-state index contributed by atoms with van der Waals surface area (Å²) in [4.78, 5) is 11.1. The summed E-state index contributed by atoms with van der Waals surface area (Å²) in [5, 5.41) is 3.26. The maximum absolute atomic E-state index is 11.1. The van der Waals surface area contributed by atoms with Crippen molar-refractivity contribution < 1.29 is 4.79 Å². The number of ketones is 1. The zero-order valence-corrected chi connectivity index (χ0v) is 7.55. The van der Waals surface area contributed by atoms with E-state index in [0.717, 1.165) is 13.1 Å². The molecule has 11 heavy (non-hydrogen) atoms. The van der Waals surface area contributed by atoms with Gasteiger partial charge in [0.15, 0.2) is 0 Å². The average molecular weight is 155 g/mol. The third-order valence-corrected chi connectivity index (χ3v) is 2.64. The molecule has 1 N–H and O–H groups in total. The number of hydrogen-bond donors (Lipinski definition) is 1. The Kier molecular flexibility index (Phi) is 2.66. The fourth-order valence-corrected chi connectivity index (χ4v) is 1.84. The Balaban J connectivity index is 2.58. The largest absolute Gasteiger partial charge is 0.316 e. The van der Waals surface area contributed by atoms with E-state index in [-0.39, 0.29) is 5.92 Å². The summed E-state index contributed by atoms with van der Waals surface area (Å²) in [6.45, 7) is 7.98. The van der Waals surface area contributed by atoms with Gasteiger partial charge in [0.2, 0.25) is 0 Å². The molecule has 0 aromatic rings. The molecule has 0 aliphatic carbocycles. The minimum Gasteiger partial charge on any atom is -0.316 e. The fourth-order valence-electron chi connectivity index (χ4n) is 1.84. The van der Waals surface area contributed by atoms with Gasteiger partial charge in [0, 0.05) is 12.5 Å². The Morgan fingerprint density at radius 1 is 1.45 bits per heavy atom. The van der Waals surface area contributed by atoms with Gasteiger partial charge in [-0.1, -0.05) is 13.8 Å². The van der Waals surface area contributed by atoms with Crippen LogP contribution in [0.4, 0.5) is 0 Å². The molecule has 0 radical (unpaired) electrons. The van der Waals surface area contributed by atoms with E-state index >= 15 is 0 Å². The summed E-state index contributed by atoms with van der Waals surface area (Å²) in [7, 11) is 0. The second-order valence-electron chi connectivity index (χ2n) is 3.78. The minimum absolute atomic E-state index is 0.273. The van der Waals surface area contributed by atoms with E-state index in [1.165, 1.54) is 0 Å². The lowest BCUT2D eigenvalue weighted by molar-refractivity contribution is -0.121. The minimum atomic E-state index is 0.273. The highest BCUT2D eigenvalue weighted by atomic mass is 16.1. The normalized spacial score (nSPS) is 31.3. The smallest absolute Gasteiger partial charge is 0.134 e. The van der Waals surface area contributed by atoms with E-state index in [9.17, 15) is 4.79 Å². The predicted molar refractivity (Wildman–Crippen MR) is 45.4 cm³/mol. The van der Waals surface area contributed by atoms with Gasteiger partial charge in [-0.15, -0.1) is 0 Å². The van der Waals surface area contributed by atoms with Gasteiger partial charge in [-0.2, -0.15) is 0 Å². The molecular weight excluding hydrogens is 138 g/mol. The van der Waals surface area contributed by atoms with Crippen molar-refractivity contribution in [2.75, 3.05) is 13.1 Å². The summed E-state index contributed by atoms with van der Waals surface area (Å²) >= 11 is 0. The van der Waals surface area contributed by atoms with Crippen LogP contribution in [0.3, 0.4) is 0 Å². The molecule has 2 nitrogen and oxygen atoms in total. The van der Waals surface area contributed by atoms with Gasteiger partial charge in [0.05, 0.1) is 0 Å². The Morgan fingerprint density at radius 3 is 2.45 bits per heavy atom. The van der Waals surface area contributed by atoms with Crippen molar-refractivity contribution in [2.45, 2.75) is 20.8 Å². The molecule has 1 fully saturated rings. The van der Waals surface area contributed by atoms with Gasteiger partial charge in [0.25, 0.3) is 0 Å². The van der Waals surface area contributed by atoms with Crippen LogP contribution in [-0.2, 0) is 4.79 Å². The quantitative estimate of drug-likeness (QED) is 0.646. The summed E-state index contributed by atoms with van der Waals surface area (Å²) in [6, 6.07) is 0. The number of rotatable bonds is 2. The van der Waals surface area contributed by atoms with Crippen LogP contribution in [0.1, 0.15) is 20.8 Å². The number of carbonyl (C=O) groups excluding carboxylic acids is 1. The highest BCUT2D eigenvalue weighted by molar-refractivity contribution is 5.79. The van der Waals surface area contributed by atoms with Gasteiger partial charge < -0.3 is 5.32 Å². The Labute approximate surface area is 68.4 Å². The van der Waals surface area contributed by atoms with Crippen LogP contribution in [0, 0.1) is 17.8 Å². The lowest BCUT2D eigenvalue weighted by Gasteiger charge is -2.19. The van der Waals surface area contributed by atoms with E-state index in [1.807, 2.05) is 0 Å². The fraction of sp³-hybridized carbons (Fsp3) is 0.889. The predicted octanol–water partition coefficient (Wildman–Crippen LogP) is 1.07. The first-order valence-corrected chi connectivity index (χ1v) is 4.34. The number of carbonyl (C=O) groups is 1. The standard InChI is InChI=1S/C9H17NO/c1-6(2)8-4-10-5-9(8)7(3)11/h6,8-10H,4-5H2,1-3H3. The highest BCUT2D eigenvalue weighted by Crippen LogP contribution is 2.24. The molecule has 64 valence electrons. The lowest BCUT2D eigenvalue weighted by Crippen LogP contribution is -2.23. The SMILES string of the molecule is CC(=O)C1CNCC1C(C)C. The van der Waals surface area contributed by atoms with Crippen molar-refractivity contribution in [2.24, 2.45) is 17.8 Å². The maximum Gasteiger partial charge on any atom is 0.134 e. The van der Waals surface area contributed by atoms with Crippen molar-refractivity contribution >= 4 is 5.78 Å². The first kappa shape index (κ1) is 8.72. The highest BCUT2D eigenvalue weighted by Gasteiger charge is 2.32. The zero-order chi connectivity index (χ0) is 8.43. The van der Waals surface area contributed by atoms with Crippen LogP contribution in [0.2, 0.25) is 0 Å². The number of nitrogens with one attached hydrogen (secondary N) is 1. The second-order valence-corrected chi connectivity index (χ2v) is 3.78. The summed E-state index contributed by atoms with van der Waals surface area (Å²) in [6.07, 6.45) is 0. The third kappa shape index (κ3) is 1.80. The second kappa shape index (κ2) is 3.35. The molecule has 1 rings (SSSR count). The van der Waals surface area contributed by atoms with Gasteiger partial charge >= 0.3 is 0 Å². The summed E-state index contributed by atoms with van der Waals surface area (Å²) < 4.78 is 0. The van der Waals surface area contributed by atoms with E-state index in [2.05, 4.69) is 19.2 Å². The van der Waals surface area contributed by atoms with Gasteiger partial charge in [-0.3, -0.25) is 4.79 Å². The average Bonchev–Trinajstić information content (AvgIpc) is 2.32. The molecule has 0 bridgehead atoms. The Hall–Kier alpha value is -0.370. The van der Waals surface area contributed by atoms with Crippen molar-refractivity contribution in [1.29, 1.82) is 0 Å². The van der Waals surface area contributed by atoms with Crippen LogP contribution < -0.4 is 5.32 Å². The third-order valence-electron chi connectivity index (χ3n) is 2.64. The molecule has 0 saturated carbocycles. The van der Waals surface area contributed by atoms with Crippen molar-refractivity contribution in [1.82, 2.24) is 5.32 Å². The molecule has 0 aromatic carbocycles. The van der Waals surface area contributed by atoms with E-state index in [4.69, 9.17) is 0 Å². The molecule has 1 aliphatic heterocycles. The van der Waals surface area contributed by atoms with Crippen LogP contribution >= 0.6 is 0 Å². The Bertz CT molecular complexity index is 154. The first-order chi connectivity index (χ1) is 5.13. The molecule has 0 spiro atoms. The lowest BCUT2D eigenvalue weighted by atomic mass is 9.84. The van der Waals surface area contributed by atoms with Crippen molar-refractivity contribution in [3.63, 3.8) is 0 Å². The molecule has 2 heteroatoms. The van der Waals surface area contributed by atoms with Crippen molar-refractivity contribution in [3.05, 3.63) is 0 Å². The number of hydrogen-bond acceptors (Lipinski definition) is 2. The van der Waals surface area contributed by atoms with Crippen LogP contribution in [0.25, 0.3) is 0 Å². The summed E-state index contributed by atoms with van der Waals surface area (Å²) in [5.74, 6) is 1.80. The molecule has 1 saturated heterocycles. The number of Topliss-reactive ketones (excluding diaryl/α,β-unsaturated/α-hetero) is 1. The Morgan fingerprint density at radius 2 is 2.09 bits per heavy atom. The van der Waals surface area contributed by atoms with Gasteiger partial charge in [0.1, 0.15) is 5.78 Å². The van der Waals surface area contributed by atoms with Crippen LogP contribution in [0.5, 0.6) is 0 Å². The summed E-state index contributed by atoms with van der Waals surface area (Å²) in [5.41, 5.74) is 0. The monoisotopic (exact) mass is 155 g/mol. The topological polar surface area (TPSA) is 29.1 Å². The molecule has 1 aliphatic rings. The first-order valence-electron chi connectivity index (χ1n) is 4.34. The van der Waals surface area contributed by atoms with Gasteiger partial charge in [-0.25, -0.2) is 0 Å². The molecule has 2 unspecified atom stereocenters. The van der Waals surface area contributed by atoms with Crippen molar-refractivity contribution in [3.8, 4) is 0 Å². The van der Waals surface area contributed by atoms with E-state index < -0.39 is 0 Å². The molecule has 0 aromatic heterocycles. The molecule has 2 atom stereocenters. The van der Waals surface area contributed by atoms with E-state index in [1.54, 1.807) is 6.92 Å². The van der Waals surface area contributed by atoms with E-state index in [0.29, 0.717) is 17.6 Å².